The van der Waals surface area contributed by atoms with Gasteiger partial charge in [-0.25, -0.2) is 9.78 Å². The number of hydrogen-bond donors (Lipinski definition) is 0. The molecule has 0 radical (unpaired) electrons. The Hall–Kier alpha value is -2.30. The highest BCUT2D eigenvalue weighted by Gasteiger charge is 2.16. The molecule has 2 aromatic rings. The van der Waals surface area contributed by atoms with Gasteiger partial charge in [-0.3, -0.25) is 0 Å². The average molecular weight is 275 g/mol. The van der Waals surface area contributed by atoms with E-state index >= 15 is 0 Å². The number of benzene rings is 1. The highest BCUT2D eigenvalue weighted by atomic mass is 16.5. The molecule has 0 N–H and O–H groups in total. The summed E-state index contributed by atoms with van der Waals surface area (Å²) in [6.45, 7) is 4.02. The molecule has 0 unspecified atom stereocenters. The summed E-state index contributed by atoms with van der Waals surface area (Å²) >= 11 is 0. The normalized spacial score (nSPS) is 10.3. The van der Waals surface area contributed by atoms with Crippen LogP contribution in [-0.4, -0.2) is 18.1 Å². The number of rotatable bonds is 5. The molecule has 20 heavy (non-hydrogen) atoms. The van der Waals surface area contributed by atoms with Gasteiger partial charge in [0.1, 0.15) is 18.1 Å². The van der Waals surface area contributed by atoms with Crippen LogP contribution in [0.15, 0.2) is 29.0 Å². The zero-order valence-corrected chi connectivity index (χ0v) is 11.8. The topological polar surface area (TPSA) is 61.6 Å². The first-order valence-corrected chi connectivity index (χ1v) is 6.38. The monoisotopic (exact) mass is 275 g/mol. The molecule has 0 spiro atoms. The Balaban J connectivity index is 2.03. The molecule has 2 rings (SSSR count). The summed E-state index contributed by atoms with van der Waals surface area (Å²) < 4.78 is 15.6. The molecule has 0 aliphatic carbocycles. The van der Waals surface area contributed by atoms with E-state index in [0.717, 1.165) is 16.9 Å². The highest BCUT2D eigenvalue weighted by molar-refractivity contribution is 5.88. The largest absolute Gasteiger partial charge is 0.496 e. The Bertz CT molecular complexity index is 604. The van der Waals surface area contributed by atoms with Gasteiger partial charge < -0.3 is 13.9 Å². The molecule has 0 saturated heterocycles. The fourth-order valence-corrected chi connectivity index (χ4v) is 1.86. The van der Waals surface area contributed by atoms with E-state index in [1.807, 2.05) is 32.0 Å². The predicted octanol–water partition coefficient (Wildman–Crippen LogP) is 2.91. The Labute approximate surface area is 117 Å². The molecule has 0 bridgehead atoms. The molecule has 1 heterocycles. The van der Waals surface area contributed by atoms with E-state index in [4.69, 9.17) is 13.9 Å². The maximum atomic E-state index is 11.9. The van der Waals surface area contributed by atoms with Gasteiger partial charge >= 0.3 is 5.97 Å². The molecule has 5 heteroatoms. The Morgan fingerprint density at radius 2 is 2.20 bits per heavy atom. The second-order valence-electron chi connectivity index (χ2n) is 4.36. The van der Waals surface area contributed by atoms with Gasteiger partial charge in [-0.05, 0) is 24.1 Å². The van der Waals surface area contributed by atoms with Crippen LogP contribution in [0.2, 0.25) is 0 Å². The molecule has 1 aromatic heterocycles. The summed E-state index contributed by atoms with van der Waals surface area (Å²) in [6, 6.07) is 5.68. The fourth-order valence-electron chi connectivity index (χ4n) is 1.86. The third-order valence-corrected chi connectivity index (χ3v) is 3.00. The molecule has 5 nitrogen and oxygen atoms in total. The minimum atomic E-state index is -0.477. The number of methoxy groups -OCH3 is 1. The molecule has 0 atom stereocenters. The molecular formula is C15H17NO4. The van der Waals surface area contributed by atoms with Crippen LogP contribution in [0.3, 0.4) is 0 Å². The molecule has 1 aromatic carbocycles. The number of carbonyl (C=O) groups is 1. The molecule has 0 aliphatic heterocycles. The van der Waals surface area contributed by atoms with Crippen LogP contribution in [0.1, 0.15) is 34.3 Å². The number of aryl methyl sites for hydroxylation is 2. The van der Waals surface area contributed by atoms with Gasteiger partial charge in [0.25, 0.3) is 0 Å². The van der Waals surface area contributed by atoms with Crippen LogP contribution >= 0.6 is 0 Å². The van der Waals surface area contributed by atoms with Gasteiger partial charge in [-0.2, -0.15) is 0 Å². The number of carbonyl (C=O) groups excluding carboxylic acids is 1. The standard InChI is InChI=1S/C15H17NO4/c1-4-12-14(16-9-20-12)15(17)19-8-11-6-5-10(2)13(7-11)18-3/h5-7,9H,4,8H2,1-3H3. The number of oxazole rings is 1. The van der Waals surface area contributed by atoms with E-state index in [0.29, 0.717) is 12.2 Å². The van der Waals surface area contributed by atoms with Gasteiger partial charge in [-0.15, -0.1) is 0 Å². The summed E-state index contributed by atoms with van der Waals surface area (Å²) in [7, 11) is 1.61. The summed E-state index contributed by atoms with van der Waals surface area (Å²) in [5.41, 5.74) is 2.14. The first-order valence-electron chi connectivity index (χ1n) is 6.38. The molecule has 0 saturated carbocycles. The molecule has 0 amide bonds. The second-order valence-corrected chi connectivity index (χ2v) is 4.36. The zero-order chi connectivity index (χ0) is 14.5. The Morgan fingerprint density at radius 3 is 2.90 bits per heavy atom. The first-order chi connectivity index (χ1) is 9.65. The van der Waals surface area contributed by atoms with Crippen molar-refractivity contribution in [2.75, 3.05) is 7.11 Å². The lowest BCUT2D eigenvalue weighted by Gasteiger charge is -2.08. The van der Waals surface area contributed by atoms with E-state index in [2.05, 4.69) is 4.98 Å². The number of nitrogens with zero attached hydrogens (tertiary/aromatic N) is 1. The lowest BCUT2D eigenvalue weighted by Crippen LogP contribution is -2.08. The minimum absolute atomic E-state index is 0.172. The Morgan fingerprint density at radius 1 is 1.40 bits per heavy atom. The van der Waals surface area contributed by atoms with Crippen molar-refractivity contribution in [1.82, 2.24) is 4.98 Å². The van der Waals surface area contributed by atoms with Crippen LogP contribution in [0.5, 0.6) is 5.75 Å². The van der Waals surface area contributed by atoms with Crippen LogP contribution in [0, 0.1) is 6.92 Å². The maximum Gasteiger partial charge on any atom is 0.360 e. The van der Waals surface area contributed by atoms with E-state index in [-0.39, 0.29) is 12.3 Å². The van der Waals surface area contributed by atoms with Crippen LogP contribution in [0.25, 0.3) is 0 Å². The number of ether oxygens (including phenoxy) is 2. The predicted molar refractivity (Wildman–Crippen MR) is 72.7 cm³/mol. The van der Waals surface area contributed by atoms with Crippen molar-refractivity contribution in [3.05, 3.63) is 47.2 Å². The highest BCUT2D eigenvalue weighted by Crippen LogP contribution is 2.20. The lowest BCUT2D eigenvalue weighted by atomic mass is 10.1. The maximum absolute atomic E-state index is 11.9. The number of aromatic nitrogens is 1. The van der Waals surface area contributed by atoms with Crippen LogP contribution in [-0.2, 0) is 17.8 Å². The van der Waals surface area contributed by atoms with Crippen molar-refractivity contribution in [2.24, 2.45) is 0 Å². The van der Waals surface area contributed by atoms with Gasteiger partial charge in [0.2, 0.25) is 0 Å². The zero-order valence-electron chi connectivity index (χ0n) is 11.8. The second kappa shape index (κ2) is 6.23. The number of hydrogen-bond acceptors (Lipinski definition) is 5. The lowest BCUT2D eigenvalue weighted by molar-refractivity contribution is 0.0463. The third-order valence-electron chi connectivity index (χ3n) is 3.00. The van der Waals surface area contributed by atoms with Gasteiger partial charge in [0.05, 0.1) is 7.11 Å². The van der Waals surface area contributed by atoms with E-state index < -0.39 is 5.97 Å². The molecule has 106 valence electrons. The van der Waals surface area contributed by atoms with Gasteiger partial charge in [0.15, 0.2) is 12.1 Å². The molecule has 0 aliphatic rings. The summed E-state index contributed by atoms with van der Waals surface area (Å²) in [6.07, 6.45) is 1.85. The summed E-state index contributed by atoms with van der Waals surface area (Å²) in [5, 5.41) is 0. The molecule has 0 fully saturated rings. The molecular weight excluding hydrogens is 258 g/mol. The van der Waals surface area contributed by atoms with E-state index in [9.17, 15) is 4.79 Å². The summed E-state index contributed by atoms with van der Waals surface area (Å²) in [5.74, 6) is 0.834. The van der Waals surface area contributed by atoms with E-state index in [1.54, 1.807) is 7.11 Å². The first kappa shape index (κ1) is 14.1. The number of esters is 1. The van der Waals surface area contributed by atoms with Crippen LogP contribution in [0.4, 0.5) is 0 Å². The third kappa shape index (κ3) is 2.99. The van der Waals surface area contributed by atoms with Crippen LogP contribution < -0.4 is 4.74 Å². The summed E-state index contributed by atoms with van der Waals surface area (Å²) in [4.78, 5) is 15.8. The Kier molecular flexibility index (Phi) is 4.40. The SMILES string of the molecule is CCc1ocnc1C(=O)OCc1ccc(C)c(OC)c1. The average Bonchev–Trinajstić information content (AvgIpc) is 2.94. The van der Waals surface area contributed by atoms with Crippen molar-refractivity contribution < 1.29 is 18.7 Å². The smallest absolute Gasteiger partial charge is 0.360 e. The quantitative estimate of drug-likeness (QED) is 0.785. The van der Waals surface area contributed by atoms with Gasteiger partial charge in [0, 0.05) is 6.42 Å². The van der Waals surface area contributed by atoms with Crippen molar-refractivity contribution >= 4 is 5.97 Å². The van der Waals surface area contributed by atoms with Crippen molar-refractivity contribution in [2.45, 2.75) is 26.9 Å². The van der Waals surface area contributed by atoms with Crippen molar-refractivity contribution in [3.8, 4) is 5.75 Å². The van der Waals surface area contributed by atoms with Gasteiger partial charge in [-0.1, -0.05) is 19.1 Å². The fraction of sp³-hybridized carbons (Fsp3) is 0.333. The van der Waals surface area contributed by atoms with Crippen molar-refractivity contribution in [1.29, 1.82) is 0 Å². The van der Waals surface area contributed by atoms with Crippen molar-refractivity contribution in [3.63, 3.8) is 0 Å². The van der Waals surface area contributed by atoms with E-state index in [1.165, 1.54) is 6.39 Å². The minimum Gasteiger partial charge on any atom is -0.496 e.